The van der Waals surface area contributed by atoms with Gasteiger partial charge in [0.15, 0.2) is 5.75 Å². The smallest absolute Gasteiger partial charge is 0.435 e. The number of aryl methyl sites for hydroxylation is 1. The minimum absolute atomic E-state index is 0.172. The van der Waals surface area contributed by atoms with Gasteiger partial charge >= 0.3 is 34.1 Å². The predicted octanol–water partition coefficient (Wildman–Crippen LogP) is 4.57. The highest BCUT2D eigenvalue weighted by Gasteiger charge is 2.73. The summed E-state index contributed by atoms with van der Waals surface area (Å²) < 4.78 is 119. The van der Waals surface area contributed by atoms with Gasteiger partial charge in [0, 0.05) is 11.3 Å². The summed E-state index contributed by atoms with van der Waals surface area (Å²) >= 11 is 0. The quantitative estimate of drug-likeness (QED) is 0.429. The highest BCUT2D eigenvalue weighted by atomic mass is 32.2. The molecule has 2 rings (SSSR count). The zero-order chi connectivity index (χ0) is 26.3. The van der Waals surface area contributed by atoms with Crippen LogP contribution in [0.3, 0.4) is 0 Å². The maximum Gasteiger partial charge on any atom is 0.435 e. The molecule has 0 bridgehead atoms. The second kappa shape index (κ2) is 8.77. The molecule has 0 spiro atoms. The van der Waals surface area contributed by atoms with E-state index in [0.29, 0.717) is 12.3 Å². The molecule has 0 aromatic heterocycles. The summed E-state index contributed by atoms with van der Waals surface area (Å²) in [4.78, 5) is 24.2. The Morgan fingerprint density at radius 1 is 0.971 bits per heavy atom. The molecule has 0 atom stereocenters. The van der Waals surface area contributed by atoms with Gasteiger partial charge in [-0.2, -0.15) is 34.8 Å². The first-order chi connectivity index (χ1) is 15.3. The van der Waals surface area contributed by atoms with Crippen LogP contribution in [0.15, 0.2) is 36.4 Å². The Morgan fingerprint density at radius 2 is 1.53 bits per heavy atom. The van der Waals surface area contributed by atoms with Crippen molar-refractivity contribution in [3.8, 4) is 5.75 Å². The highest BCUT2D eigenvalue weighted by molar-refractivity contribution is 7.86. The topological polar surface area (TPSA) is 110 Å². The standard InChI is InChI=1S/C19H14F7NO6S/c1-9-8-10(17(20,18(21,22)23)19(24,25)26)6-7-12(9)27-15(28)11-4-3-5-13(14(11)16(29)30)33-34(2,31)32/h3-8H,1-2H3,(H,27,28)(H,29,30). The molecule has 0 saturated carbocycles. The largest absolute Gasteiger partial charge is 0.478 e. The number of nitrogens with one attached hydrogen (secondary N) is 1. The number of carbonyl (C=O) groups excluding carboxylic acids is 1. The lowest BCUT2D eigenvalue weighted by molar-refractivity contribution is -0.348. The van der Waals surface area contributed by atoms with E-state index in [0.717, 1.165) is 25.1 Å². The van der Waals surface area contributed by atoms with Crippen molar-refractivity contribution in [2.45, 2.75) is 24.9 Å². The van der Waals surface area contributed by atoms with Gasteiger partial charge in [-0.05, 0) is 30.7 Å². The summed E-state index contributed by atoms with van der Waals surface area (Å²) in [5.41, 5.74) is -9.76. The lowest BCUT2D eigenvalue weighted by atomic mass is 9.92. The average molecular weight is 517 g/mol. The van der Waals surface area contributed by atoms with Crippen LogP contribution in [0.2, 0.25) is 0 Å². The fourth-order valence-electron chi connectivity index (χ4n) is 2.87. The number of carbonyl (C=O) groups is 2. The van der Waals surface area contributed by atoms with Crippen molar-refractivity contribution in [2.75, 3.05) is 11.6 Å². The molecule has 2 aromatic carbocycles. The molecule has 0 heterocycles. The number of hydrogen-bond donors (Lipinski definition) is 2. The molecule has 0 saturated heterocycles. The molecule has 1 amide bonds. The Labute approximate surface area is 187 Å². The normalized spacial score (nSPS) is 12.9. The van der Waals surface area contributed by atoms with Gasteiger partial charge in [0.2, 0.25) is 0 Å². The summed E-state index contributed by atoms with van der Waals surface area (Å²) in [5.74, 6) is -3.70. The first kappa shape index (κ1) is 26.9. The van der Waals surface area contributed by atoms with E-state index in [1.165, 1.54) is 0 Å². The van der Waals surface area contributed by atoms with Crippen molar-refractivity contribution in [3.63, 3.8) is 0 Å². The molecule has 2 aromatic rings. The number of anilines is 1. The Kier molecular flexibility index (Phi) is 6.94. The number of aromatic carboxylic acids is 1. The minimum atomic E-state index is -6.33. The number of carboxylic acids is 1. The van der Waals surface area contributed by atoms with Crippen molar-refractivity contribution < 1.29 is 58.0 Å². The maximum atomic E-state index is 14.2. The average Bonchev–Trinajstić information content (AvgIpc) is 2.65. The SMILES string of the molecule is Cc1cc(C(F)(C(F)(F)F)C(F)(F)F)ccc1NC(=O)c1cccc(OS(C)(=O)=O)c1C(=O)O. The van der Waals surface area contributed by atoms with Crippen LogP contribution in [-0.4, -0.2) is 44.0 Å². The number of alkyl halides is 7. The van der Waals surface area contributed by atoms with Crippen LogP contribution in [-0.2, 0) is 15.8 Å². The van der Waals surface area contributed by atoms with E-state index in [1.54, 1.807) is 0 Å². The van der Waals surface area contributed by atoms with Crippen molar-refractivity contribution in [1.29, 1.82) is 0 Å². The van der Waals surface area contributed by atoms with Crippen LogP contribution in [0.25, 0.3) is 0 Å². The van der Waals surface area contributed by atoms with Gasteiger partial charge in [0.1, 0.15) is 5.56 Å². The van der Waals surface area contributed by atoms with E-state index in [9.17, 15) is 53.8 Å². The molecule has 0 fully saturated rings. The summed E-state index contributed by atoms with van der Waals surface area (Å²) in [6.45, 7) is 0.980. The number of hydrogen-bond acceptors (Lipinski definition) is 5. The second-order valence-electron chi connectivity index (χ2n) is 6.91. The van der Waals surface area contributed by atoms with Gasteiger partial charge in [0.05, 0.1) is 11.8 Å². The van der Waals surface area contributed by atoms with Gasteiger partial charge in [0.25, 0.3) is 5.91 Å². The van der Waals surface area contributed by atoms with Crippen LogP contribution >= 0.6 is 0 Å². The third-order valence-corrected chi connectivity index (χ3v) is 4.86. The van der Waals surface area contributed by atoms with Crippen molar-refractivity contribution in [1.82, 2.24) is 0 Å². The lowest BCUT2D eigenvalue weighted by Gasteiger charge is -2.30. The Morgan fingerprint density at radius 3 is 1.97 bits per heavy atom. The van der Waals surface area contributed by atoms with Gasteiger partial charge in [-0.1, -0.05) is 18.2 Å². The number of benzene rings is 2. The molecule has 0 aliphatic carbocycles. The Balaban J connectivity index is 2.50. The van der Waals surface area contributed by atoms with Crippen LogP contribution in [0, 0.1) is 6.92 Å². The monoisotopic (exact) mass is 517 g/mol. The first-order valence-electron chi connectivity index (χ1n) is 8.80. The Bertz CT molecular complexity index is 1220. The summed E-state index contributed by atoms with van der Waals surface area (Å²) in [5, 5.41) is 11.5. The molecular formula is C19H14F7NO6S. The molecule has 0 radical (unpaired) electrons. The molecule has 0 aliphatic rings. The fraction of sp³-hybridized carbons (Fsp3) is 0.263. The van der Waals surface area contributed by atoms with E-state index in [2.05, 4.69) is 9.50 Å². The highest BCUT2D eigenvalue weighted by Crippen LogP contribution is 2.53. The molecule has 186 valence electrons. The van der Waals surface area contributed by atoms with Gasteiger partial charge in [-0.3, -0.25) is 4.79 Å². The zero-order valence-corrected chi connectivity index (χ0v) is 17.8. The number of amides is 1. The third kappa shape index (κ3) is 5.24. The second-order valence-corrected chi connectivity index (χ2v) is 8.48. The number of rotatable bonds is 6. The van der Waals surface area contributed by atoms with Crippen LogP contribution in [0.5, 0.6) is 5.75 Å². The summed E-state index contributed by atoms with van der Waals surface area (Å²) in [6, 6.07) is 3.95. The molecular weight excluding hydrogens is 503 g/mol. The van der Waals surface area contributed by atoms with Crippen molar-refractivity contribution in [3.05, 3.63) is 58.7 Å². The predicted molar refractivity (Wildman–Crippen MR) is 103 cm³/mol. The van der Waals surface area contributed by atoms with Crippen LogP contribution in [0.4, 0.5) is 36.4 Å². The van der Waals surface area contributed by atoms with E-state index >= 15 is 0 Å². The minimum Gasteiger partial charge on any atom is -0.478 e. The van der Waals surface area contributed by atoms with Crippen molar-refractivity contribution in [2.24, 2.45) is 0 Å². The van der Waals surface area contributed by atoms with Crippen LogP contribution in [0.1, 0.15) is 31.8 Å². The van der Waals surface area contributed by atoms with Gasteiger partial charge in [-0.15, -0.1) is 0 Å². The van der Waals surface area contributed by atoms with Crippen molar-refractivity contribution >= 4 is 27.7 Å². The lowest BCUT2D eigenvalue weighted by Crippen LogP contribution is -2.50. The first-order valence-corrected chi connectivity index (χ1v) is 10.6. The molecule has 2 N–H and O–H groups in total. The summed E-state index contributed by atoms with van der Waals surface area (Å²) in [7, 11) is -4.20. The maximum absolute atomic E-state index is 14.2. The summed E-state index contributed by atoms with van der Waals surface area (Å²) in [6.07, 6.45) is -12.1. The van der Waals surface area contributed by atoms with E-state index in [1.807, 2.05) is 0 Å². The molecule has 0 aliphatic heterocycles. The zero-order valence-electron chi connectivity index (χ0n) is 17.0. The van der Waals surface area contributed by atoms with Gasteiger partial charge < -0.3 is 14.6 Å². The Hall–Kier alpha value is -3.36. The molecule has 7 nitrogen and oxygen atoms in total. The molecule has 34 heavy (non-hydrogen) atoms. The molecule has 15 heteroatoms. The van der Waals surface area contributed by atoms with Gasteiger partial charge in [-0.25, -0.2) is 9.18 Å². The fourth-order valence-corrected chi connectivity index (χ4v) is 3.33. The van der Waals surface area contributed by atoms with E-state index in [-0.39, 0.29) is 17.8 Å². The van der Waals surface area contributed by atoms with Crippen LogP contribution < -0.4 is 9.50 Å². The van der Waals surface area contributed by atoms with E-state index in [4.69, 9.17) is 0 Å². The third-order valence-electron chi connectivity index (χ3n) is 4.38. The number of halogens is 7. The number of carboxylic acid groups (broad SMARTS) is 1. The van der Waals surface area contributed by atoms with E-state index < -0.39 is 68.0 Å². The molecule has 0 unspecified atom stereocenters.